The molecule has 0 spiro atoms. The fourth-order valence-electron chi connectivity index (χ4n) is 5.73. The highest BCUT2D eigenvalue weighted by Crippen LogP contribution is 2.37. The van der Waals surface area contributed by atoms with Crippen LogP contribution in [0, 0.1) is 11.8 Å². The summed E-state index contributed by atoms with van der Waals surface area (Å²) in [5.74, 6) is -0.961. The van der Waals surface area contributed by atoms with Crippen LogP contribution in [0.5, 0.6) is 0 Å². The number of hydrogen-bond donors (Lipinski definition) is 4. The SMILES string of the molecule is CCC(O)C(C)C1OC1CC(C)(O)/C=C/C=C(\C)C1OC(=O)CC(O)CCC(C)(O)C(OC(=O)N2CCOCC2)/C=C\C1C. The molecule has 1 amide bonds. The standard InChI is InChI=1S/C33H53NO10/c1-7-25(36)23(4)30-26(42-30)20-32(5,39)13-8-9-21(2)29-22(3)10-11-27(43-31(38)34-15-17-41-18-16-34)33(6,40)14-12-24(35)19-28(37)44-29/h8-11,13,22-27,29-30,35-36,39-40H,7,12,14-20H2,1-6H3/b11-10-,13-8+,21-9+. The Kier molecular flexibility index (Phi) is 13.0. The van der Waals surface area contributed by atoms with Gasteiger partial charge in [0.1, 0.15) is 11.7 Å². The van der Waals surface area contributed by atoms with E-state index in [9.17, 15) is 30.0 Å². The van der Waals surface area contributed by atoms with Crippen LogP contribution in [-0.4, -0.2) is 112 Å². The topological polar surface area (TPSA) is 159 Å². The van der Waals surface area contributed by atoms with E-state index in [0.29, 0.717) is 44.7 Å². The summed E-state index contributed by atoms with van der Waals surface area (Å²) >= 11 is 0. The maximum Gasteiger partial charge on any atom is 0.410 e. The molecule has 4 N–H and O–H groups in total. The average Bonchev–Trinajstić information content (AvgIpc) is 3.73. The highest BCUT2D eigenvalue weighted by molar-refractivity contribution is 5.70. The fraction of sp³-hybridized carbons (Fsp3) is 0.758. The minimum Gasteiger partial charge on any atom is -0.457 e. The van der Waals surface area contributed by atoms with Crippen molar-refractivity contribution in [1.29, 1.82) is 0 Å². The van der Waals surface area contributed by atoms with E-state index in [1.165, 1.54) is 4.90 Å². The van der Waals surface area contributed by atoms with Crippen molar-refractivity contribution in [2.75, 3.05) is 26.3 Å². The maximum absolute atomic E-state index is 12.9. The quantitative estimate of drug-likeness (QED) is 0.130. The lowest BCUT2D eigenvalue weighted by Gasteiger charge is -2.35. The third kappa shape index (κ3) is 10.7. The third-order valence-corrected chi connectivity index (χ3v) is 8.86. The molecule has 2 fully saturated rings. The molecule has 11 nitrogen and oxygen atoms in total. The zero-order valence-electron chi connectivity index (χ0n) is 27.1. The number of carbonyl (C=O) groups excluding carboxylic acids is 2. The third-order valence-electron chi connectivity index (χ3n) is 8.86. The number of hydrogen-bond acceptors (Lipinski definition) is 10. The van der Waals surface area contributed by atoms with Crippen molar-refractivity contribution in [3.8, 4) is 0 Å². The van der Waals surface area contributed by atoms with Gasteiger partial charge in [-0.15, -0.1) is 0 Å². The lowest BCUT2D eigenvalue weighted by Crippen LogP contribution is -2.47. The molecule has 3 rings (SSSR count). The number of rotatable bonds is 9. The Bertz CT molecular complexity index is 1050. The Balaban J connectivity index is 1.74. The number of aliphatic hydroxyl groups is 4. The summed E-state index contributed by atoms with van der Waals surface area (Å²) in [4.78, 5) is 27.2. The number of carbonyl (C=O) groups is 2. The average molecular weight is 624 g/mol. The summed E-state index contributed by atoms with van der Waals surface area (Å²) in [6.07, 6.45) is 5.52. The van der Waals surface area contributed by atoms with Crippen molar-refractivity contribution < 1.29 is 49.0 Å². The lowest BCUT2D eigenvalue weighted by molar-refractivity contribution is -0.151. The molecule has 0 aromatic rings. The van der Waals surface area contributed by atoms with Crippen LogP contribution in [0.25, 0.3) is 0 Å². The number of aliphatic hydroxyl groups excluding tert-OH is 2. The van der Waals surface area contributed by atoms with Gasteiger partial charge in [0, 0.05) is 31.3 Å². The number of nitrogens with zero attached hydrogens (tertiary/aromatic N) is 1. The van der Waals surface area contributed by atoms with Gasteiger partial charge in [0.05, 0.1) is 49.7 Å². The van der Waals surface area contributed by atoms with E-state index in [1.54, 1.807) is 44.2 Å². The zero-order valence-corrected chi connectivity index (χ0v) is 27.1. The molecule has 3 heterocycles. The van der Waals surface area contributed by atoms with E-state index >= 15 is 0 Å². The zero-order chi connectivity index (χ0) is 32.7. The van der Waals surface area contributed by atoms with Crippen LogP contribution < -0.4 is 0 Å². The molecule has 44 heavy (non-hydrogen) atoms. The Labute approximate surface area is 261 Å². The van der Waals surface area contributed by atoms with Gasteiger partial charge in [0.2, 0.25) is 0 Å². The van der Waals surface area contributed by atoms with Gasteiger partial charge in [-0.25, -0.2) is 4.79 Å². The van der Waals surface area contributed by atoms with Crippen LogP contribution in [-0.2, 0) is 23.7 Å². The first-order valence-corrected chi connectivity index (χ1v) is 15.9. The Morgan fingerprint density at radius 1 is 1.30 bits per heavy atom. The molecule has 2 saturated heterocycles. The van der Waals surface area contributed by atoms with E-state index in [-0.39, 0.29) is 43.3 Å². The number of esters is 1. The van der Waals surface area contributed by atoms with Gasteiger partial charge in [0.25, 0.3) is 0 Å². The van der Waals surface area contributed by atoms with E-state index in [2.05, 4.69) is 0 Å². The van der Waals surface area contributed by atoms with Gasteiger partial charge >= 0.3 is 12.1 Å². The minimum absolute atomic E-state index is 0.0121. The summed E-state index contributed by atoms with van der Waals surface area (Å²) in [6.45, 7) is 12.4. The molecule has 0 aromatic carbocycles. The molecule has 0 aromatic heterocycles. The van der Waals surface area contributed by atoms with Gasteiger partial charge < -0.3 is 44.3 Å². The molecule has 250 valence electrons. The van der Waals surface area contributed by atoms with E-state index in [1.807, 2.05) is 27.7 Å². The molecule has 11 heteroatoms. The monoisotopic (exact) mass is 623 g/mol. The first-order chi connectivity index (χ1) is 20.6. The molecule has 10 unspecified atom stereocenters. The number of morpholine rings is 1. The van der Waals surface area contributed by atoms with Gasteiger partial charge in [-0.2, -0.15) is 0 Å². The summed E-state index contributed by atoms with van der Waals surface area (Å²) in [7, 11) is 0. The predicted molar refractivity (Wildman–Crippen MR) is 164 cm³/mol. The van der Waals surface area contributed by atoms with Crippen molar-refractivity contribution in [2.45, 2.75) is 121 Å². The van der Waals surface area contributed by atoms with Gasteiger partial charge in [-0.05, 0) is 51.7 Å². The van der Waals surface area contributed by atoms with Crippen molar-refractivity contribution in [1.82, 2.24) is 4.90 Å². The largest absolute Gasteiger partial charge is 0.457 e. The first kappa shape index (κ1) is 36.2. The van der Waals surface area contributed by atoms with E-state index < -0.39 is 47.7 Å². The molecule has 0 bridgehead atoms. The molecule has 0 saturated carbocycles. The summed E-state index contributed by atoms with van der Waals surface area (Å²) < 4.78 is 22.6. The Morgan fingerprint density at radius 2 is 1.98 bits per heavy atom. The second-order valence-electron chi connectivity index (χ2n) is 13.1. The van der Waals surface area contributed by atoms with E-state index in [0.717, 1.165) is 0 Å². The lowest BCUT2D eigenvalue weighted by atomic mass is 9.88. The number of ether oxygens (including phenoxy) is 4. The molecular formula is C33H53NO10. The predicted octanol–water partition coefficient (Wildman–Crippen LogP) is 3.04. The van der Waals surface area contributed by atoms with E-state index in [4.69, 9.17) is 18.9 Å². The molecule has 10 atom stereocenters. The van der Waals surface area contributed by atoms with Crippen LogP contribution in [0.3, 0.4) is 0 Å². The maximum atomic E-state index is 12.9. The van der Waals surface area contributed by atoms with Gasteiger partial charge in [-0.1, -0.05) is 45.1 Å². The number of cyclic esters (lactones) is 1. The number of epoxide rings is 1. The molecule has 3 aliphatic rings. The highest BCUT2D eigenvalue weighted by atomic mass is 16.6. The second kappa shape index (κ2) is 15.8. The summed E-state index contributed by atoms with van der Waals surface area (Å²) in [6, 6.07) is 0. The first-order valence-electron chi connectivity index (χ1n) is 15.9. The normalized spacial score (nSPS) is 35.9. The fourth-order valence-corrected chi connectivity index (χ4v) is 5.73. The van der Waals surface area contributed by atoms with Crippen LogP contribution in [0.4, 0.5) is 4.79 Å². The van der Waals surface area contributed by atoms with Crippen molar-refractivity contribution in [3.63, 3.8) is 0 Å². The Morgan fingerprint density at radius 3 is 2.64 bits per heavy atom. The van der Waals surface area contributed by atoms with Gasteiger partial charge in [0.15, 0.2) is 6.10 Å². The molecular weight excluding hydrogens is 570 g/mol. The Hall–Kier alpha value is -2.28. The second-order valence-corrected chi connectivity index (χ2v) is 13.1. The van der Waals surface area contributed by atoms with Crippen molar-refractivity contribution >= 4 is 12.1 Å². The summed E-state index contributed by atoms with van der Waals surface area (Å²) in [5.41, 5.74) is -1.95. The van der Waals surface area contributed by atoms with Crippen LogP contribution in [0.1, 0.15) is 73.6 Å². The molecule has 0 aliphatic carbocycles. The van der Waals surface area contributed by atoms with Crippen LogP contribution >= 0.6 is 0 Å². The van der Waals surface area contributed by atoms with Crippen molar-refractivity contribution in [2.24, 2.45) is 11.8 Å². The molecule has 3 aliphatic heterocycles. The van der Waals surface area contributed by atoms with Crippen molar-refractivity contribution in [3.05, 3.63) is 36.0 Å². The molecule has 0 radical (unpaired) electrons. The minimum atomic E-state index is -1.49. The number of allylic oxidation sites excluding steroid dienone is 2. The van der Waals surface area contributed by atoms with Crippen LogP contribution in [0.15, 0.2) is 36.0 Å². The van der Waals surface area contributed by atoms with Crippen LogP contribution in [0.2, 0.25) is 0 Å². The van der Waals surface area contributed by atoms with Gasteiger partial charge in [-0.3, -0.25) is 4.79 Å². The number of amides is 1. The highest BCUT2D eigenvalue weighted by Gasteiger charge is 2.47. The summed E-state index contributed by atoms with van der Waals surface area (Å²) in [5, 5.41) is 42.9. The smallest absolute Gasteiger partial charge is 0.410 e.